The van der Waals surface area contributed by atoms with E-state index >= 15 is 0 Å². The van der Waals surface area contributed by atoms with Crippen molar-refractivity contribution in [3.63, 3.8) is 0 Å². The van der Waals surface area contributed by atoms with E-state index in [9.17, 15) is 9.59 Å². The largest absolute Gasteiger partial charge is 0.461 e. The topological polar surface area (TPSA) is 81.4 Å². The Hall–Kier alpha value is -1.88. The summed E-state index contributed by atoms with van der Waals surface area (Å²) in [7, 11) is 0. The highest BCUT2D eigenvalue weighted by Crippen LogP contribution is 2.03. The van der Waals surface area contributed by atoms with Crippen LogP contribution in [0.15, 0.2) is 30.3 Å². The lowest BCUT2D eigenvalue weighted by molar-refractivity contribution is -0.145. The van der Waals surface area contributed by atoms with E-state index in [2.05, 4.69) is 5.32 Å². The molecule has 19 heavy (non-hydrogen) atoms. The van der Waals surface area contributed by atoms with Gasteiger partial charge in [0, 0.05) is 25.9 Å². The summed E-state index contributed by atoms with van der Waals surface area (Å²) in [5, 5.41) is 2.65. The first-order valence-electron chi connectivity index (χ1n) is 6.38. The summed E-state index contributed by atoms with van der Waals surface area (Å²) in [4.78, 5) is 22.7. The first-order chi connectivity index (χ1) is 9.22. The van der Waals surface area contributed by atoms with E-state index in [0.717, 1.165) is 5.56 Å². The SMILES string of the molecule is NCCNC(=O)CCCC(=O)OCc1ccccc1. The van der Waals surface area contributed by atoms with Crippen LogP contribution in [0.25, 0.3) is 0 Å². The molecule has 104 valence electrons. The third-order valence-electron chi connectivity index (χ3n) is 2.49. The van der Waals surface area contributed by atoms with Gasteiger partial charge in [0.15, 0.2) is 0 Å². The molecule has 0 aromatic heterocycles. The van der Waals surface area contributed by atoms with Crippen molar-refractivity contribution in [2.24, 2.45) is 5.73 Å². The number of esters is 1. The van der Waals surface area contributed by atoms with Gasteiger partial charge in [0.2, 0.25) is 5.91 Å². The van der Waals surface area contributed by atoms with Crippen molar-refractivity contribution in [3.05, 3.63) is 35.9 Å². The van der Waals surface area contributed by atoms with Crippen LogP contribution in [-0.2, 0) is 20.9 Å². The molecule has 0 saturated carbocycles. The minimum absolute atomic E-state index is 0.0821. The van der Waals surface area contributed by atoms with Crippen LogP contribution >= 0.6 is 0 Å². The highest BCUT2D eigenvalue weighted by atomic mass is 16.5. The van der Waals surface area contributed by atoms with Gasteiger partial charge in [-0.15, -0.1) is 0 Å². The number of nitrogens with two attached hydrogens (primary N) is 1. The molecule has 0 spiro atoms. The highest BCUT2D eigenvalue weighted by molar-refractivity contribution is 5.76. The molecule has 1 rings (SSSR count). The van der Waals surface area contributed by atoms with Crippen LogP contribution in [0.3, 0.4) is 0 Å². The summed E-state index contributed by atoms with van der Waals surface area (Å²) in [6, 6.07) is 9.49. The van der Waals surface area contributed by atoms with Crippen molar-refractivity contribution >= 4 is 11.9 Å². The van der Waals surface area contributed by atoms with Crippen LogP contribution in [-0.4, -0.2) is 25.0 Å². The lowest BCUT2D eigenvalue weighted by Crippen LogP contribution is -2.28. The second-order valence-corrected chi connectivity index (χ2v) is 4.14. The van der Waals surface area contributed by atoms with Crippen molar-refractivity contribution in [1.82, 2.24) is 5.32 Å². The zero-order valence-corrected chi connectivity index (χ0v) is 10.9. The predicted molar refractivity (Wildman–Crippen MR) is 72.2 cm³/mol. The molecule has 0 saturated heterocycles. The summed E-state index contributed by atoms with van der Waals surface area (Å²) in [6.45, 7) is 1.17. The minimum Gasteiger partial charge on any atom is -0.461 e. The average Bonchev–Trinajstić information content (AvgIpc) is 2.44. The van der Waals surface area contributed by atoms with Gasteiger partial charge in [0.1, 0.15) is 6.61 Å². The number of benzene rings is 1. The maximum atomic E-state index is 11.4. The van der Waals surface area contributed by atoms with Gasteiger partial charge in [0.25, 0.3) is 0 Å². The molecule has 1 aromatic carbocycles. The van der Waals surface area contributed by atoms with E-state index in [-0.39, 0.29) is 24.9 Å². The molecular weight excluding hydrogens is 244 g/mol. The second-order valence-electron chi connectivity index (χ2n) is 4.14. The zero-order valence-electron chi connectivity index (χ0n) is 10.9. The van der Waals surface area contributed by atoms with Crippen LogP contribution in [0.2, 0.25) is 0 Å². The number of rotatable bonds is 8. The molecule has 0 atom stereocenters. The Bertz CT molecular complexity index is 393. The normalized spacial score (nSPS) is 9.95. The second kappa shape index (κ2) is 9.10. The van der Waals surface area contributed by atoms with Crippen LogP contribution in [0.5, 0.6) is 0 Å². The van der Waals surface area contributed by atoms with Gasteiger partial charge in [0.05, 0.1) is 0 Å². The average molecular weight is 264 g/mol. The Morgan fingerprint density at radius 1 is 1.16 bits per heavy atom. The molecule has 0 aliphatic heterocycles. The number of ether oxygens (including phenoxy) is 1. The molecule has 5 heteroatoms. The fraction of sp³-hybridized carbons (Fsp3) is 0.429. The standard InChI is InChI=1S/C14H20N2O3/c15-9-10-16-13(17)7-4-8-14(18)19-11-12-5-2-1-3-6-12/h1-3,5-6H,4,7-11,15H2,(H,16,17). The number of carbonyl (C=O) groups excluding carboxylic acids is 2. The molecule has 0 heterocycles. The van der Waals surface area contributed by atoms with Crippen molar-refractivity contribution in [2.75, 3.05) is 13.1 Å². The first kappa shape index (κ1) is 15.2. The number of nitrogens with one attached hydrogen (secondary N) is 1. The van der Waals surface area contributed by atoms with Gasteiger partial charge in [-0.1, -0.05) is 30.3 Å². The first-order valence-corrected chi connectivity index (χ1v) is 6.38. The molecule has 1 aromatic rings. The molecule has 5 nitrogen and oxygen atoms in total. The molecule has 0 aliphatic rings. The van der Waals surface area contributed by atoms with Gasteiger partial charge in [-0.3, -0.25) is 9.59 Å². The van der Waals surface area contributed by atoms with Crippen LogP contribution in [0, 0.1) is 0 Å². The molecule has 0 radical (unpaired) electrons. The summed E-state index contributed by atoms with van der Waals surface area (Å²) in [6.07, 6.45) is 1.06. The van der Waals surface area contributed by atoms with Gasteiger partial charge >= 0.3 is 5.97 Å². The van der Waals surface area contributed by atoms with Crippen LogP contribution in [0.4, 0.5) is 0 Å². The molecule has 0 unspecified atom stereocenters. The molecule has 0 bridgehead atoms. The summed E-state index contributed by atoms with van der Waals surface area (Å²) >= 11 is 0. The molecule has 0 fully saturated rings. The van der Waals surface area contributed by atoms with Crippen molar-refractivity contribution in [2.45, 2.75) is 25.9 Å². The highest BCUT2D eigenvalue weighted by Gasteiger charge is 2.06. The van der Waals surface area contributed by atoms with E-state index in [4.69, 9.17) is 10.5 Å². The number of hydrogen-bond acceptors (Lipinski definition) is 4. The Balaban J connectivity index is 2.10. The summed E-state index contributed by atoms with van der Waals surface area (Å²) in [5.41, 5.74) is 6.21. The lowest BCUT2D eigenvalue weighted by atomic mass is 10.2. The van der Waals surface area contributed by atoms with Gasteiger partial charge in [-0.05, 0) is 12.0 Å². The fourth-order valence-electron chi connectivity index (χ4n) is 1.50. The number of hydrogen-bond donors (Lipinski definition) is 2. The molecule has 0 aliphatic carbocycles. The van der Waals surface area contributed by atoms with Crippen molar-refractivity contribution < 1.29 is 14.3 Å². The molecule has 1 amide bonds. The maximum absolute atomic E-state index is 11.4. The quantitative estimate of drug-likeness (QED) is 0.686. The van der Waals surface area contributed by atoms with E-state index in [0.29, 0.717) is 25.9 Å². The summed E-state index contributed by atoms with van der Waals surface area (Å²) in [5.74, 6) is -0.364. The van der Waals surface area contributed by atoms with Gasteiger partial charge < -0.3 is 15.8 Å². The van der Waals surface area contributed by atoms with Crippen LogP contribution in [0.1, 0.15) is 24.8 Å². The fourth-order valence-corrected chi connectivity index (χ4v) is 1.50. The lowest BCUT2D eigenvalue weighted by Gasteiger charge is -2.05. The number of amides is 1. The molecule has 3 N–H and O–H groups in total. The van der Waals surface area contributed by atoms with E-state index in [1.165, 1.54) is 0 Å². The Kier molecular flexibility index (Phi) is 7.27. The third-order valence-corrected chi connectivity index (χ3v) is 2.49. The minimum atomic E-state index is -0.282. The number of carbonyl (C=O) groups is 2. The Morgan fingerprint density at radius 2 is 1.89 bits per heavy atom. The predicted octanol–water partition coefficient (Wildman–Crippen LogP) is 0.975. The maximum Gasteiger partial charge on any atom is 0.306 e. The Morgan fingerprint density at radius 3 is 2.58 bits per heavy atom. The van der Waals surface area contributed by atoms with Gasteiger partial charge in [-0.2, -0.15) is 0 Å². The smallest absolute Gasteiger partial charge is 0.306 e. The van der Waals surface area contributed by atoms with Crippen molar-refractivity contribution in [1.29, 1.82) is 0 Å². The zero-order chi connectivity index (χ0) is 13.9. The van der Waals surface area contributed by atoms with Crippen LogP contribution < -0.4 is 11.1 Å². The van der Waals surface area contributed by atoms with E-state index in [1.807, 2.05) is 30.3 Å². The summed E-state index contributed by atoms with van der Waals surface area (Å²) < 4.78 is 5.10. The molecular formula is C14H20N2O3. The third kappa shape index (κ3) is 7.21. The Labute approximate surface area is 113 Å². The monoisotopic (exact) mass is 264 g/mol. The van der Waals surface area contributed by atoms with E-state index in [1.54, 1.807) is 0 Å². The van der Waals surface area contributed by atoms with Crippen molar-refractivity contribution in [3.8, 4) is 0 Å². The van der Waals surface area contributed by atoms with E-state index < -0.39 is 0 Å². The van der Waals surface area contributed by atoms with Gasteiger partial charge in [-0.25, -0.2) is 0 Å².